The second kappa shape index (κ2) is 8.35. The third kappa shape index (κ3) is 3.92. The Hall–Kier alpha value is -2.85. The van der Waals surface area contributed by atoms with E-state index in [4.69, 9.17) is 0 Å². The van der Waals surface area contributed by atoms with Crippen LogP contribution in [0.25, 0.3) is 0 Å². The van der Waals surface area contributed by atoms with Gasteiger partial charge in [-0.2, -0.15) is 0 Å². The van der Waals surface area contributed by atoms with Crippen molar-refractivity contribution in [2.75, 3.05) is 4.90 Å². The smallest absolute Gasteiger partial charge is 0.266 e. The van der Waals surface area contributed by atoms with Gasteiger partial charge in [0, 0.05) is 9.79 Å². The number of fused-ring (bicyclic) bond motifs is 1. The molecule has 0 aromatic heterocycles. The first-order valence-corrected chi connectivity index (χ1v) is 11.5. The molecule has 3 aromatic carbocycles. The molecule has 3 nitrogen and oxygen atoms in total. The number of carbonyl (C=O) groups is 2. The highest BCUT2D eigenvalue weighted by Crippen LogP contribution is 2.40. The molecule has 1 aliphatic heterocycles. The molecule has 31 heavy (non-hydrogen) atoms. The number of hydrogen-bond donors (Lipinski definition) is 0. The lowest BCUT2D eigenvalue weighted by Gasteiger charge is -2.25. The van der Waals surface area contributed by atoms with Crippen LogP contribution in [0.4, 0.5) is 5.69 Å². The number of carbonyl (C=O) groups excluding carboxylic acids is 2. The van der Waals surface area contributed by atoms with Gasteiger partial charge in [0.1, 0.15) is 0 Å². The average molecular weight is 430 g/mol. The Bertz CT molecular complexity index is 1140. The van der Waals surface area contributed by atoms with Crippen LogP contribution < -0.4 is 4.90 Å². The van der Waals surface area contributed by atoms with Crippen LogP contribution in [0.5, 0.6) is 0 Å². The summed E-state index contributed by atoms with van der Waals surface area (Å²) >= 11 is 1.60. The van der Waals surface area contributed by atoms with Crippen molar-refractivity contribution in [1.82, 2.24) is 0 Å². The van der Waals surface area contributed by atoms with Crippen molar-refractivity contribution < 1.29 is 9.59 Å². The van der Waals surface area contributed by atoms with Crippen molar-refractivity contribution in [3.05, 3.63) is 88.5 Å². The number of benzene rings is 3. The van der Waals surface area contributed by atoms with E-state index < -0.39 is 0 Å². The summed E-state index contributed by atoms with van der Waals surface area (Å²) in [5.41, 5.74) is 4.97. The Labute approximate surface area is 188 Å². The van der Waals surface area contributed by atoms with E-state index in [1.54, 1.807) is 17.8 Å². The molecule has 0 atom stereocenters. The van der Waals surface area contributed by atoms with Crippen LogP contribution in [-0.2, 0) is 0 Å². The number of amides is 2. The molecule has 2 amide bonds. The standard InChI is InChI=1S/C27H27NO2S/c1-16(2)21-7-6-8-22(17(3)4)25(21)28-26(29)23-14-13-20(15-24(23)27(28)30)31-19-11-9-18(5)10-12-19/h6-17H,1-5H3. The quantitative estimate of drug-likeness (QED) is 0.403. The second-order valence-electron chi connectivity index (χ2n) is 8.66. The Morgan fingerprint density at radius 2 is 1.26 bits per heavy atom. The molecule has 0 fully saturated rings. The molecule has 0 saturated carbocycles. The number of imide groups is 1. The molecular weight excluding hydrogens is 402 g/mol. The number of rotatable bonds is 5. The highest BCUT2D eigenvalue weighted by atomic mass is 32.2. The zero-order valence-electron chi connectivity index (χ0n) is 18.6. The minimum atomic E-state index is -0.235. The minimum Gasteiger partial charge on any atom is -0.268 e. The van der Waals surface area contributed by atoms with Crippen molar-refractivity contribution >= 4 is 29.3 Å². The van der Waals surface area contributed by atoms with Gasteiger partial charge in [-0.05, 0) is 60.2 Å². The van der Waals surface area contributed by atoms with E-state index >= 15 is 0 Å². The first-order chi connectivity index (χ1) is 14.8. The maximum atomic E-state index is 13.5. The third-order valence-corrected chi connectivity index (χ3v) is 6.68. The van der Waals surface area contributed by atoms with E-state index in [9.17, 15) is 9.59 Å². The van der Waals surface area contributed by atoms with Crippen LogP contribution in [0, 0.1) is 6.92 Å². The molecule has 0 N–H and O–H groups in total. The number of nitrogens with zero attached hydrogens (tertiary/aromatic N) is 1. The van der Waals surface area contributed by atoms with Crippen LogP contribution in [0.1, 0.15) is 76.9 Å². The highest BCUT2D eigenvalue weighted by molar-refractivity contribution is 7.99. The summed E-state index contributed by atoms with van der Waals surface area (Å²) in [6, 6.07) is 19.9. The molecule has 4 heteroatoms. The highest BCUT2D eigenvalue weighted by Gasteiger charge is 2.39. The van der Waals surface area contributed by atoms with Crippen molar-refractivity contribution in [1.29, 1.82) is 0 Å². The van der Waals surface area contributed by atoms with Gasteiger partial charge in [0.15, 0.2) is 0 Å². The number of anilines is 1. The molecule has 1 heterocycles. The summed E-state index contributed by atoms with van der Waals surface area (Å²) in [6.45, 7) is 10.4. The fourth-order valence-corrected chi connectivity index (χ4v) is 4.86. The van der Waals surface area contributed by atoms with Gasteiger partial charge in [0.2, 0.25) is 0 Å². The van der Waals surface area contributed by atoms with Crippen molar-refractivity contribution in [2.45, 2.75) is 56.2 Å². The summed E-state index contributed by atoms with van der Waals surface area (Å²) in [5, 5.41) is 0. The van der Waals surface area contributed by atoms with E-state index in [0.717, 1.165) is 26.6 Å². The van der Waals surface area contributed by atoms with Crippen LogP contribution in [0.3, 0.4) is 0 Å². The molecule has 0 radical (unpaired) electrons. The Morgan fingerprint density at radius 3 is 1.84 bits per heavy atom. The first kappa shape index (κ1) is 21.4. The molecule has 4 rings (SSSR count). The minimum absolute atomic E-state index is 0.200. The van der Waals surface area contributed by atoms with Crippen LogP contribution in [-0.4, -0.2) is 11.8 Å². The lowest BCUT2D eigenvalue weighted by molar-refractivity contribution is 0.0925. The lowest BCUT2D eigenvalue weighted by atomic mass is 9.92. The van der Waals surface area contributed by atoms with Gasteiger partial charge in [-0.3, -0.25) is 9.59 Å². The molecular formula is C27H27NO2S. The third-order valence-electron chi connectivity index (χ3n) is 5.68. The van der Waals surface area contributed by atoms with Gasteiger partial charge in [-0.1, -0.05) is 75.4 Å². The summed E-state index contributed by atoms with van der Waals surface area (Å²) in [4.78, 5) is 30.3. The molecule has 0 saturated heterocycles. The van der Waals surface area contributed by atoms with Crippen LogP contribution in [0.15, 0.2) is 70.5 Å². The molecule has 0 unspecified atom stereocenters. The summed E-state index contributed by atoms with van der Waals surface area (Å²) < 4.78 is 0. The molecule has 0 aliphatic carbocycles. The number of hydrogen-bond acceptors (Lipinski definition) is 3. The van der Waals surface area contributed by atoms with E-state index in [1.165, 1.54) is 10.5 Å². The Kier molecular flexibility index (Phi) is 5.76. The maximum Gasteiger partial charge on any atom is 0.266 e. The van der Waals surface area contributed by atoms with Gasteiger partial charge in [-0.15, -0.1) is 0 Å². The normalized spacial score (nSPS) is 13.5. The summed E-state index contributed by atoms with van der Waals surface area (Å²) in [5.74, 6) is -0.0698. The average Bonchev–Trinajstić information content (AvgIpc) is 2.98. The van der Waals surface area contributed by atoms with E-state index in [2.05, 4.69) is 58.9 Å². The lowest BCUT2D eigenvalue weighted by Crippen LogP contribution is -2.31. The molecule has 0 bridgehead atoms. The van der Waals surface area contributed by atoms with E-state index in [-0.39, 0.29) is 23.7 Å². The summed E-state index contributed by atoms with van der Waals surface area (Å²) in [6.07, 6.45) is 0. The fraction of sp³-hybridized carbons (Fsp3) is 0.259. The van der Waals surface area contributed by atoms with Gasteiger partial charge < -0.3 is 0 Å². The van der Waals surface area contributed by atoms with Gasteiger partial charge in [0.25, 0.3) is 11.8 Å². The SMILES string of the molecule is Cc1ccc(Sc2ccc3c(c2)C(=O)N(c2c(C(C)C)cccc2C(C)C)C3=O)cc1. The number of para-hydroxylation sites is 1. The Morgan fingerprint density at radius 1 is 0.710 bits per heavy atom. The molecule has 0 spiro atoms. The van der Waals surface area contributed by atoms with Crippen molar-refractivity contribution in [2.24, 2.45) is 0 Å². The first-order valence-electron chi connectivity index (χ1n) is 10.7. The zero-order chi connectivity index (χ0) is 22.3. The number of aryl methyl sites for hydroxylation is 1. The van der Waals surface area contributed by atoms with Crippen molar-refractivity contribution in [3.8, 4) is 0 Å². The predicted octanol–water partition coefficient (Wildman–Crippen LogP) is 7.19. The fourth-order valence-electron chi connectivity index (χ4n) is 4.00. The van der Waals surface area contributed by atoms with Gasteiger partial charge in [0.05, 0.1) is 16.8 Å². The predicted molar refractivity (Wildman–Crippen MR) is 128 cm³/mol. The van der Waals surface area contributed by atoms with Gasteiger partial charge in [-0.25, -0.2) is 4.90 Å². The van der Waals surface area contributed by atoms with E-state index in [1.807, 2.05) is 30.3 Å². The molecule has 158 valence electrons. The van der Waals surface area contributed by atoms with Crippen LogP contribution >= 0.6 is 11.8 Å². The monoisotopic (exact) mass is 429 g/mol. The molecule has 1 aliphatic rings. The van der Waals surface area contributed by atoms with Gasteiger partial charge >= 0.3 is 0 Å². The second-order valence-corrected chi connectivity index (χ2v) is 9.81. The van der Waals surface area contributed by atoms with Crippen LogP contribution in [0.2, 0.25) is 0 Å². The molecule has 3 aromatic rings. The van der Waals surface area contributed by atoms with Crippen molar-refractivity contribution in [3.63, 3.8) is 0 Å². The zero-order valence-corrected chi connectivity index (χ0v) is 19.4. The Balaban J connectivity index is 1.75. The van der Waals surface area contributed by atoms with E-state index in [0.29, 0.717) is 11.1 Å². The largest absolute Gasteiger partial charge is 0.268 e. The maximum absolute atomic E-state index is 13.5. The summed E-state index contributed by atoms with van der Waals surface area (Å²) in [7, 11) is 0. The topological polar surface area (TPSA) is 37.4 Å².